The van der Waals surface area contributed by atoms with Gasteiger partial charge in [-0.15, -0.1) is 11.3 Å². The third-order valence-corrected chi connectivity index (χ3v) is 12.8. The van der Waals surface area contributed by atoms with Crippen LogP contribution in [0.2, 0.25) is 0 Å². The normalized spacial score (nSPS) is 22.3. The monoisotopic (exact) mass is 603 g/mol. The van der Waals surface area contributed by atoms with Crippen molar-refractivity contribution >= 4 is 48.6 Å². The first-order valence-electron chi connectivity index (χ1n) is 17.2. The smallest absolute Gasteiger partial charge is 0.0476 e. The summed E-state index contributed by atoms with van der Waals surface area (Å²) in [5, 5.41) is 2.71. The largest absolute Gasteiger partial charge is 0.310 e. The molecule has 3 unspecified atom stereocenters. The molecule has 6 aromatic rings. The second kappa shape index (κ2) is 11.2. The molecule has 3 aliphatic rings. The van der Waals surface area contributed by atoms with Gasteiger partial charge >= 0.3 is 0 Å². The maximum atomic E-state index is 2.48. The van der Waals surface area contributed by atoms with Crippen LogP contribution in [0.15, 0.2) is 121 Å². The highest BCUT2D eigenvalue weighted by atomic mass is 32.1. The Bertz CT molecular complexity index is 1950. The van der Waals surface area contributed by atoms with E-state index in [1.165, 1.54) is 106 Å². The van der Waals surface area contributed by atoms with Crippen LogP contribution in [-0.4, -0.2) is 0 Å². The minimum absolute atomic E-state index is 0.112. The molecule has 3 fully saturated rings. The van der Waals surface area contributed by atoms with Gasteiger partial charge in [-0.3, -0.25) is 0 Å². The average Bonchev–Trinajstić information content (AvgIpc) is 3.85. The number of hydrogen-bond acceptors (Lipinski definition) is 2. The summed E-state index contributed by atoms with van der Waals surface area (Å²) >= 11 is 1.90. The minimum atomic E-state index is 0.112. The molecule has 1 heterocycles. The van der Waals surface area contributed by atoms with Crippen molar-refractivity contribution in [2.75, 3.05) is 4.90 Å². The van der Waals surface area contributed by atoms with E-state index in [1.54, 1.807) is 5.56 Å². The summed E-state index contributed by atoms with van der Waals surface area (Å²) in [5.74, 6) is 2.62. The lowest BCUT2D eigenvalue weighted by Crippen LogP contribution is -2.30. The van der Waals surface area contributed by atoms with Crippen molar-refractivity contribution in [3.05, 3.63) is 138 Å². The molecular weight excluding hydrogens is 563 g/mol. The lowest BCUT2D eigenvalue weighted by molar-refractivity contribution is 0.346. The topological polar surface area (TPSA) is 3.24 Å². The molecule has 0 N–H and O–H groups in total. The van der Waals surface area contributed by atoms with Crippen molar-refractivity contribution in [2.45, 2.75) is 69.1 Å². The first-order valence-corrected chi connectivity index (χ1v) is 18.0. The SMILES string of the molecule is c1ccc(C2(c3ccc(N(c4ccc(C5CC6CCC5C6)cc4)c4ccc5c(c4)sc4ccccc45)cc3)CCCCC2)cc1. The van der Waals surface area contributed by atoms with Gasteiger partial charge in [-0.1, -0.05) is 105 Å². The van der Waals surface area contributed by atoms with Crippen LogP contribution in [0.3, 0.4) is 0 Å². The van der Waals surface area contributed by atoms with Crippen LogP contribution in [0.25, 0.3) is 20.2 Å². The third kappa shape index (κ3) is 4.72. The van der Waals surface area contributed by atoms with Gasteiger partial charge in [-0.25, -0.2) is 0 Å². The molecule has 45 heavy (non-hydrogen) atoms. The number of anilines is 3. The fraction of sp³-hybridized carbons (Fsp3) is 0.302. The van der Waals surface area contributed by atoms with Gasteiger partial charge in [0.05, 0.1) is 0 Å². The van der Waals surface area contributed by atoms with Crippen LogP contribution < -0.4 is 4.90 Å². The zero-order chi connectivity index (χ0) is 29.8. The summed E-state index contributed by atoms with van der Waals surface area (Å²) in [7, 11) is 0. The summed E-state index contributed by atoms with van der Waals surface area (Å²) in [4.78, 5) is 2.48. The number of benzene rings is 5. The van der Waals surface area contributed by atoms with E-state index in [-0.39, 0.29) is 5.41 Å². The van der Waals surface area contributed by atoms with Gasteiger partial charge < -0.3 is 4.90 Å². The molecule has 9 rings (SSSR count). The summed E-state index contributed by atoms with van der Waals surface area (Å²) < 4.78 is 2.70. The molecule has 0 spiro atoms. The molecule has 5 aromatic carbocycles. The van der Waals surface area contributed by atoms with Gasteiger partial charge in [0.1, 0.15) is 0 Å². The van der Waals surface area contributed by atoms with E-state index in [0.717, 1.165) is 17.8 Å². The molecule has 2 heteroatoms. The van der Waals surface area contributed by atoms with E-state index < -0.39 is 0 Å². The van der Waals surface area contributed by atoms with Crippen LogP contribution in [-0.2, 0) is 5.41 Å². The van der Waals surface area contributed by atoms with Crippen LogP contribution in [0.1, 0.15) is 80.4 Å². The fourth-order valence-electron chi connectivity index (χ4n) is 9.41. The predicted molar refractivity (Wildman–Crippen MR) is 193 cm³/mol. The van der Waals surface area contributed by atoms with Crippen molar-refractivity contribution in [1.82, 2.24) is 0 Å². The van der Waals surface area contributed by atoms with Crippen molar-refractivity contribution in [3.63, 3.8) is 0 Å². The maximum Gasteiger partial charge on any atom is 0.0476 e. The molecular formula is C43H41NS. The highest BCUT2D eigenvalue weighted by molar-refractivity contribution is 7.25. The molecule has 3 atom stereocenters. The summed E-state index contributed by atoms with van der Waals surface area (Å²) in [5.41, 5.74) is 8.29. The van der Waals surface area contributed by atoms with Gasteiger partial charge in [0, 0.05) is 42.6 Å². The summed E-state index contributed by atoms with van der Waals surface area (Å²) in [6, 6.07) is 46.4. The zero-order valence-electron chi connectivity index (χ0n) is 26.0. The number of thiophene rings is 1. The van der Waals surface area contributed by atoms with Crippen molar-refractivity contribution < 1.29 is 0 Å². The van der Waals surface area contributed by atoms with E-state index in [4.69, 9.17) is 0 Å². The third-order valence-electron chi connectivity index (χ3n) is 11.6. The number of hydrogen-bond donors (Lipinski definition) is 0. The summed E-state index contributed by atoms with van der Waals surface area (Å²) in [6.45, 7) is 0. The quantitative estimate of drug-likeness (QED) is 0.183. The van der Waals surface area contributed by atoms with Crippen molar-refractivity contribution in [2.24, 2.45) is 11.8 Å². The van der Waals surface area contributed by atoms with E-state index in [0.29, 0.717) is 0 Å². The molecule has 0 amide bonds. The Kier molecular flexibility index (Phi) is 6.81. The fourth-order valence-corrected chi connectivity index (χ4v) is 10.5. The molecule has 3 aliphatic carbocycles. The number of nitrogens with zero attached hydrogens (tertiary/aromatic N) is 1. The lowest BCUT2D eigenvalue weighted by Gasteiger charge is -2.39. The van der Waals surface area contributed by atoms with E-state index in [1.807, 2.05) is 11.3 Å². The first-order chi connectivity index (χ1) is 22.2. The second-order valence-electron chi connectivity index (χ2n) is 14.0. The zero-order valence-corrected chi connectivity index (χ0v) is 26.8. The molecule has 3 saturated carbocycles. The lowest BCUT2D eigenvalue weighted by atomic mass is 9.65. The second-order valence-corrected chi connectivity index (χ2v) is 15.1. The van der Waals surface area contributed by atoms with Crippen LogP contribution in [0, 0.1) is 11.8 Å². The van der Waals surface area contributed by atoms with Gasteiger partial charge in [-0.2, -0.15) is 0 Å². The molecule has 1 nitrogen and oxygen atoms in total. The Morgan fingerprint density at radius 3 is 1.96 bits per heavy atom. The molecule has 2 bridgehead atoms. The van der Waals surface area contributed by atoms with Crippen LogP contribution in [0.5, 0.6) is 0 Å². The van der Waals surface area contributed by atoms with Gasteiger partial charge in [0.2, 0.25) is 0 Å². The number of fused-ring (bicyclic) bond motifs is 5. The van der Waals surface area contributed by atoms with Crippen LogP contribution in [0.4, 0.5) is 17.1 Å². The van der Waals surface area contributed by atoms with Crippen molar-refractivity contribution in [3.8, 4) is 0 Å². The highest BCUT2D eigenvalue weighted by Gasteiger charge is 2.40. The Morgan fingerprint density at radius 2 is 1.22 bits per heavy atom. The molecule has 0 radical (unpaired) electrons. The summed E-state index contributed by atoms with van der Waals surface area (Å²) in [6.07, 6.45) is 12.1. The van der Waals surface area contributed by atoms with Gasteiger partial charge in [-0.05, 0) is 109 Å². The molecule has 1 aromatic heterocycles. The van der Waals surface area contributed by atoms with Crippen LogP contribution >= 0.6 is 11.3 Å². The van der Waals surface area contributed by atoms with E-state index >= 15 is 0 Å². The predicted octanol–water partition coefficient (Wildman–Crippen LogP) is 12.7. The average molecular weight is 604 g/mol. The Morgan fingerprint density at radius 1 is 0.556 bits per heavy atom. The Balaban J connectivity index is 1.13. The Labute approximate surface area is 271 Å². The van der Waals surface area contributed by atoms with Gasteiger partial charge in [0.15, 0.2) is 0 Å². The number of rotatable bonds is 6. The molecule has 0 aliphatic heterocycles. The van der Waals surface area contributed by atoms with E-state index in [9.17, 15) is 0 Å². The van der Waals surface area contributed by atoms with E-state index in [2.05, 4.69) is 126 Å². The minimum Gasteiger partial charge on any atom is -0.310 e. The maximum absolute atomic E-state index is 2.48. The standard InChI is InChI=1S/C43H41NS/c1-3-9-33(10-4-1)43(25-7-2-8-26-43)34-17-21-36(22-18-34)44(35-19-15-31(16-20-35)40-28-30-13-14-32(40)27-30)37-23-24-39-38-11-5-6-12-41(38)45-42(39)29-37/h1,3-6,9-12,15-24,29-30,32,40H,2,7-8,13-14,25-28H2. The van der Waals surface area contributed by atoms with Crippen molar-refractivity contribution in [1.29, 1.82) is 0 Å². The molecule has 224 valence electrons. The van der Waals surface area contributed by atoms with Gasteiger partial charge in [0.25, 0.3) is 0 Å². The Hall–Kier alpha value is -3.88. The molecule has 0 saturated heterocycles. The highest BCUT2D eigenvalue weighted by Crippen LogP contribution is 2.53. The first kappa shape index (κ1) is 27.4.